The lowest BCUT2D eigenvalue weighted by atomic mass is 9.69. The molecule has 3 nitrogen and oxygen atoms in total. The molecule has 1 aromatic rings. The van der Waals surface area contributed by atoms with E-state index in [0.717, 1.165) is 23.2 Å². The minimum absolute atomic E-state index is 0.0186. The average Bonchev–Trinajstić information content (AvgIpc) is 2.47. The van der Waals surface area contributed by atoms with Crippen LogP contribution in [0.15, 0.2) is 24.3 Å². The Labute approximate surface area is 127 Å². The number of amides is 1. The SMILES string of the molecule is CC(=O)Nc1cccc(NC2CCC3CCCCC3C2)c1. The molecule has 0 heterocycles. The van der Waals surface area contributed by atoms with Gasteiger partial charge in [0.05, 0.1) is 0 Å². The van der Waals surface area contributed by atoms with Gasteiger partial charge in [0, 0.05) is 24.3 Å². The van der Waals surface area contributed by atoms with Crippen molar-refractivity contribution in [2.45, 2.75) is 57.9 Å². The van der Waals surface area contributed by atoms with Gasteiger partial charge in [0.2, 0.25) is 5.91 Å². The Morgan fingerprint density at radius 3 is 2.62 bits per heavy atom. The average molecular weight is 286 g/mol. The Balaban J connectivity index is 1.60. The van der Waals surface area contributed by atoms with E-state index in [1.807, 2.05) is 18.2 Å². The van der Waals surface area contributed by atoms with Crippen LogP contribution in [0.1, 0.15) is 51.9 Å². The highest BCUT2D eigenvalue weighted by molar-refractivity contribution is 5.89. The van der Waals surface area contributed by atoms with E-state index >= 15 is 0 Å². The molecule has 1 aromatic carbocycles. The van der Waals surface area contributed by atoms with Gasteiger partial charge >= 0.3 is 0 Å². The van der Waals surface area contributed by atoms with Crippen LogP contribution in [0.2, 0.25) is 0 Å². The van der Waals surface area contributed by atoms with Crippen LogP contribution >= 0.6 is 0 Å². The standard InChI is InChI=1S/C18H26N2O/c1-13(21)19-16-7-4-8-17(12-16)20-18-10-9-14-5-2-3-6-15(14)11-18/h4,7-8,12,14-15,18,20H,2-3,5-6,9-11H2,1H3,(H,19,21). The van der Waals surface area contributed by atoms with Gasteiger partial charge in [-0.3, -0.25) is 4.79 Å². The molecule has 21 heavy (non-hydrogen) atoms. The van der Waals surface area contributed by atoms with Gasteiger partial charge < -0.3 is 10.6 Å². The molecule has 2 aliphatic rings. The second-order valence-electron chi connectivity index (χ2n) is 6.72. The number of rotatable bonds is 3. The third kappa shape index (κ3) is 3.78. The predicted octanol–water partition coefficient (Wildman–Crippen LogP) is 4.42. The van der Waals surface area contributed by atoms with Gasteiger partial charge in [-0.25, -0.2) is 0 Å². The van der Waals surface area contributed by atoms with E-state index in [1.54, 1.807) is 6.92 Å². The summed E-state index contributed by atoms with van der Waals surface area (Å²) in [7, 11) is 0. The summed E-state index contributed by atoms with van der Waals surface area (Å²) in [6.07, 6.45) is 9.72. The lowest BCUT2D eigenvalue weighted by Gasteiger charge is -2.39. The first kappa shape index (κ1) is 14.4. The molecule has 3 unspecified atom stereocenters. The molecule has 0 aliphatic heterocycles. The molecule has 0 spiro atoms. The number of carbonyl (C=O) groups is 1. The number of hydrogen-bond donors (Lipinski definition) is 2. The van der Waals surface area contributed by atoms with Crippen LogP contribution in [-0.4, -0.2) is 11.9 Å². The van der Waals surface area contributed by atoms with Crippen molar-refractivity contribution in [3.8, 4) is 0 Å². The zero-order valence-corrected chi connectivity index (χ0v) is 12.9. The molecule has 3 atom stereocenters. The molecule has 2 N–H and O–H groups in total. The number of benzene rings is 1. The summed E-state index contributed by atoms with van der Waals surface area (Å²) in [6, 6.07) is 8.66. The molecule has 114 valence electrons. The molecule has 0 saturated heterocycles. The number of nitrogens with one attached hydrogen (secondary N) is 2. The zero-order chi connectivity index (χ0) is 14.7. The van der Waals surface area contributed by atoms with E-state index in [1.165, 1.54) is 44.9 Å². The second-order valence-corrected chi connectivity index (χ2v) is 6.72. The lowest BCUT2D eigenvalue weighted by Crippen LogP contribution is -2.34. The molecule has 2 aliphatic carbocycles. The molecular weight excluding hydrogens is 260 g/mol. The molecule has 3 rings (SSSR count). The van der Waals surface area contributed by atoms with Crippen molar-refractivity contribution in [2.24, 2.45) is 11.8 Å². The quantitative estimate of drug-likeness (QED) is 0.863. The summed E-state index contributed by atoms with van der Waals surface area (Å²) in [4.78, 5) is 11.1. The summed E-state index contributed by atoms with van der Waals surface area (Å²) >= 11 is 0. The fourth-order valence-corrected chi connectivity index (χ4v) is 4.13. The molecule has 0 aromatic heterocycles. The van der Waals surface area contributed by atoms with E-state index in [9.17, 15) is 4.79 Å². The summed E-state index contributed by atoms with van der Waals surface area (Å²) in [5.74, 6) is 1.90. The third-order valence-corrected chi connectivity index (χ3v) is 5.09. The van der Waals surface area contributed by atoms with Crippen LogP contribution in [0.3, 0.4) is 0 Å². The molecule has 2 fully saturated rings. The number of anilines is 2. The topological polar surface area (TPSA) is 41.1 Å². The predicted molar refractivity (Wildman–Crippen MR) is 87.5 cm³/mol. The van der Waals surface area contributed by atoms with E-state index in [-0.39, 0.29) is 5.91 Å². The van der Waals surface area contributed by atoms with E-state index in [2.05, 4.69) is 16.7 Å². The molecule has 0 bridgehead atoms. The first-order chi connectivity index (χ1) is 10.2. The fraction of sp³-hybridized carbons (Fsp3) is 0.611. The highest BCUT2D eigenvalue weighted by atomic mass is 16.1. The van der Waals surface area contributed by atoms with Crippen LogP contribution in [0.4, 0.5) is 11.4 Å². The van der Waals surface area contributed by atoms with Crippen molar-refractivity contribution in [3.05, 3.63) is 24.3 Å². The van der Waals surface area contributed by atoms with Gasteiger partial charge in [-0.05, 0) is 49.3 Å². The second kappa shape index (κ2) is 6.50. The maximum atomic E-state index is 11.1. The van der Waals surface area contributed by atoms with Gasteiger partial charge in [0.25, 0.3) is 0 Å². The van der Waals surface area contributed by atoms with Crippen molar-refractivity contribution in [1.82, 2.24) is 0 Å². The van der Waals surface area contributed by atoms with Crippen LogP contribution in [0.5, 0.6) is 0 Å². The van der Waals surface area contributed by atoms with Gasteiger partial charge in [-0.15, -0.1) is 0 Å². The Morgan fingerprint density at radius 1 is 1.05 bits per heavy atom. The number of fused-ring (bicyclic) bond motifs is 1. The lowest BCUT2D eigenvalue weighted by molar-refractivity contribution is -0.114. The normalized spacial score (nSPS) is 28.5. The Bertz CT molecular complexity index is 500. The zero-order valence-electron chi connectivity index (χ0n) is 12.9. The fourth-order valence-electron chi connectivity index (χ4n) is 4.13. The van der Waals surface area contributed by atoms with Crippen LogP contribution < -0.4 is 10.6 Å². The smallest absolute Gasteiger partial charge is 0.221 e. The van der Waals surface area contributed by atoms with Gasteiger partial charge in [-0.1, -0.05) is 31.7 Å². The van der Waals surface area contributed by atoms with Crippen LogP contribution in [0, 0.1) is 11.8 Å². The van der Waals surface area contributed by atoms with Crippen molar-refractivity contribution in [1.29, 1.82) is 0 Å². The third-order valence-electron chi connectivity index (χ3n) is 5.09. The molecule has 2 saturated carbocycles. The van der Waals surface area contributed by atoms with E-state index in [4.69, 9.17) is 0 Å². The maximum absolute atomic E-state index is 11.1. The first-order valence-electron chi connectivity index (χ1n) is 8.35. The van der Waals surface area contributed by atoms with E-state index < -0.39 is 0 Å². The monoisotopic (exact) mass is 286 g/mol. The molecule has 3 heteroatoms. The summed E-state index contributed by atoms with van der Waals surface area (Å²) in [5.41, 5.74) is 2.00. The van der Waals surface area contributed by atoms with Crippen molar-refractivity contribution < 1.29 is 4.79 Å². The first-order valence-corrected chi connectivity index (χ1v) is 8.35. The number of hydrogen-bond acceptors (Lipinski definition) is 2. The summed E-state index contributed by atoms with van der Waals surface area (Å²) in [5, 5.41) is 6.52. The highest BCUT2D eigenvalue weighted by Crippen LogP contribution is 2.41. The summed E-state index contributed by atoms with van der Waals surface area (Å²) < 4.78 is 0. The Hall–Kier alpha value is -1.51. The number of carbonyl (C=O) groups excluding carboxylic acids is 1. The van der Waals surface area contributed by atoms with Crippen molar-refractivity contribution in [3.63, 3.8) is 0 Å². The maximum Gasteiger partial charge on any atom is 0.221 e. The molecule has 0 radical (unpaired) electrons. The molecular formula is C18H26N2O. The highest BCUT2D eigenvalue weighted by Gasteiger charge is 2.31. The minimum atomic E-state index is -0.0186. The van der Waals surface area contributed by atoms with Crippen molar-refractivity contribution in [2.75, 3.05) is 10.6 Å². The van der Waals surface area contributed by atoms with Gasteiger partial charge in [-0.2, -0.15) is 0 Å². The Morgan fingerprint density at radius 2 is 1.81 bits per heavy atom. The Kier molecular flexibility index (Phi) is 4.47. The van der Waals surface area contributed by atoms with Crippen LogP contribution in [-0.2, 0) is 4.79 Å². The summed E-state index contributed by atoms with van der Waals surface area (Å²) in [6.45, 7) is 1.55. The van der Waals surface area contributed by atoms with Gasteiger partial charge in [0.1, 0.15) is 0 Å². The van der Waals surface area contributed by atoms with Crippen LogP contribution in [0.25, 0.3) is 0 Å². The minimum Gasteiger partial charge on any atom is -0.382 e. The van der Waals surface area contributed by atoms with Crippen molar-refractivity contribution >= 4 is 17.3 Å². The largest absolute Gasteiger partial charge is 0.382 e. The van der Waals surface area contributed by atoms with Gasteiger partial charge in [0.15, 0.2) is 0 Å². The van der Waals surface area contributed by atoms with E-state index in [0.29, 0.717) is 6.04 Å². The molecule has 1 amide bonds.